The van der Waals surface area contributed by atoms with E-state index in [1.165, 1.54) is 173 Å². The second kappa shape index (κ2) is 42.6. The van der Waals surface area contributed by atoms with Gasteiger partial charge in [0.05, 0.1) is 0 Å². The average Bonchev–Trinajstić information content (AvgIpc) is 3.03. The van der Waals surface area contributed by atoms with Crippen LogP contribution in [0.15, 0.2) is 12.2 Å². The number of amides is 1. The van der Waals surface area contributed by atoms with Gasteiger partial charge in [-0.2, -0.15) is 0 Å². The number of nitrogens with two attached hydrogens (primary N) is 1. The second-order valence-electron chi connectivity index (χ2n) is 13.3. The van der Waals surface area contributed by atoms with Crippen LogP contribution in [0, 0.1) is 0 Å². The van der Waals surface area contributed by atoms with Crippen molar-refractivity contribution in [2.75, 3.05) is 13.1 Å². The lowest BCUT2D eigenvalue weighted by atomic mass is 10.0. The number of carboxylic acids is 1. The Morgan fingerprint density at radius 2 is 0.800 bits per heavy atom. The van der Waals surface area contributed by atoms with Gasteiger partial charge in [0.1, 0.15) is 0 Å². The van der Waals surface area contributed by atoms with E-state index < -0.39 is 5.97 Å². The van der Waals surface area contributed by atoms with Gasteiger partial charge in [-0.15, -0.1) is 0 Å². The second-order valence-corrected chi connectivity index (χ2v) is 13.3. The summed E-state index contributed by atoms with van der Waals surface area (Å²) in [5, 5.41) is 11.4. The largest absolute Gasteiger partial charge is 0.481 e. The maximum atomic E-state index is 11.3. The van der Waals surface area contributed by atoms with Crippen molar-refractivity contribution in [1.82, 2.24) is 5.32 Å². The molecule has 0 bridgehead atoms. The van der Waals surface area contributed by atoms with Crippen molar-refractivity contribution in [2.45, 2.75) is 219 Å². The third-order valence-electron chi connectivity index (χ3n) is 8.63. The molecule has 0 rings (SSSR count). The minimum atomic E-state index is -0.656. The molecule has 0 aromatic carbocycles. The minimum Gasteiger partial charge on any atom is -0.481 e. The number of rotatable bonds is 35. The zero-order chi connectivity index (χ0) is 33.3. The molecule has 0 radical (unpaired) electrons. The maximum Gasteiger partial charge on any atom is 0.303 e. The molecule has 1 amide bonds. The molecule has 268 valence electrons. The SMILES string of the molecule is CCCCCCCC/C=C\CCCCCCCCCCCC(=O)O.CCCCCCCCCCCCCCCC(=O)NCCN. The fraction of sp³-hybridized carbons (Fsp3) is 0.900. The summed E-state index contributed by atoms with van der Waals surface area (Å²) in [6, 6.07) is 0. The van der Waals surface area contributed by atoms with E-state index in [0.29, 0.717) is 25.9 Å². The van der Waals surface area contributed by atoms with Crippen LogP contribution < -0.4 is 11.1 Å². The number of hydrogen-bond donors (Lipinski definition) is 3. The van der Waals surface area contributed by atoms with Gasteiger partial charge in [0.15, 0.2) is 0 Å². The van der Waals surface area contributed by atoms with E-state index in [4.69, 9.17) is 10.8 Å². The van der Waals surface area contributed by atoms with Crippen molar-refractivity contribution >= 4 is 11.9 Å². The zero-order valence-electron chi connectivity index (χ0n) is 30.5. The number of carbonyl (C=O) groups excluding carboxylic acids is 1. The number of hydrogen-bond acceptors (Lipinski definition) is 3. The molecule has 5 nitrogen and oxygen atoms in total. The van der Waals surface area contributed by atoms with Gasteiger partial charge in [-0.25, -0.2) is 0 Å². The van der Waals surface area contributed by atoms with Crippen LogP contribution in [0.3, 0.4) is 0 Å². The fourth-order valence-electron chi connectivity index (χ4n) is 5.66. The fourth-order valence-corrected chi connectivity index (χ4v) is 5.66. The van der Waals surface area contributed by atoms with E-state index in [0.717, 1.165) is 19.3 Å². The molecule has 5 heteroatoms. The summed E-state index contributed by atoms with van der Waals surface area (Å²) in [7, 11) is 0. The van der Waals surface area contributed by atoms with Gasteiger partial charge in [-0.1, -0.05) is 180 Å². The Morgan fingerprint density at radius 3 is 1.13 bits per heavy atom. The lowest BCUT2D eigenvalue weighted by molar-refractivity contribution is -0.137. The van der Waals surface area contributed by atoms with Crippen molar-refractivity contribution in [3.63, 3.8) is 0 Å². The number of allylic oxidation sites excluding steroid dienone is 2. The summed E-state index contributed by atoms with van der Waals surface area (Å²) in [6.45, 7) is 5.68. The smallest absolute Gasteiger partial charge is 0.303 e. The Balaban J connectivity index is 0. The molecule has 4 N–H and O–H groups in total. The molecular formula is C40H80N2O3. The lowest BCUT2D eigenvalue weighted by Crippen LogP contribution is -2.28. The summed E-state index contributed by atoms with van der Waals surface area (Å²) in [5.41, 5.74) is 5.34. The molecule has 0 aliphatic rings. The predicted octanol–water partition coefficient (Wildman–Crippen LogP) is 12.2. The zero-order valence-corrected chi connectivity index (χ0v) is 30.5. The molecule has 0 aromatic rings. The number of nitrogens with one attached hydrogen (secondary N) is 1. The number of aliphatic carboxylic acids is 1. The summed E-state index contributed by atoms with van der Waals surface area (Å²) < 4.78 is 0. The molecule has 0 aliphatic carbocycles. The molecule has 0 aromatic heterocycles. The Morgan fingerprint density at radius 1 is 0.489 bits per heavy atom. The van der Waals surface area contributed by atoms with Crippen LogP contribution in [-0.2, 0) is 9.59 Å². The van der Waals surface area contributed by atoms with Crippen molar-refractivity contribution < 1.29 is 14.7 Å². The Labute approximate surface area is 281 Å². The molecule has 0 fully saturated rings. The molecule has 0 spiro atoms. The Hall–Kier alpha value is -1.36. The summed E-state index contributed by atoms with van der Waals surface area (Å²) in [4.78, 5) is 21.7. The molecule has 0 aliphatic heterocycles. The molecule has 0 atom stereocenters. The average molecular weight is 637 g/mol. The van der Waals surface area contributed by atoms with Crippen LogP contribution in [0.1, 0.15) is 219 Å². The van der Waals surface area contributed by atoms with Gasteiger partial charge in [0.2, 0.25) is 5.91 Å². The van der Waals surface area contributed by atoms with Crippen LogP contribution in [0.5, 0.6) is 0 Å². The first kappa shape index (κ1) is 45.8. The van der Waals surface area contributed by atoms with E-state index in [1.54, 1.807) is 0 Å². The number of carbonyl (C=O) groups is 2. The van der Waals surface area contributed by atoms with Crippen molar-refractivity contribution in [2.24, 2.45) is 5.73 Å². The van der Waals surface area contributed by atoms with Crippen molar-refractivity contribution in [3.05, 3.63) is 12.2 Å². The van der Waals surface area contributed by atoms with Gasteiger partial charge in [0, 0.05) is 25.9 Å². The number of unbranched alkanes of at least 4 members (excludes halogenated alkanes) is 27. The highest BCUT2D eigenvalue weighted by atomic mass is 16.4. The summed E-state index contributed by atoms with van der Waals surface area (Å²) in [6.07, 6.45) is 45.2. The predicted molar refractivity (Wildman–Crippen MR) is 198 cm³/mol. The highest BCUT2D eigenvalue weighted by Crippen LogP contribution is 2.14. The first-order valence-corrected chi connectivity index (χ1v) is 19.9. The van der Waals surface area contributed by atoms with Crippen LogP contribution in [0.25, 0.3) is 0 Å². The van der Waals surface area contributed by atoms with Crippen LogP contribution in [0.2, 0.25) is 0 Å². The molecule has 0 saturated heterocycles. The van der Waals surface area contributed by atoms with E-state index in [-0.39, 0.29) is 5.91 Å². The van der Waals surface area contributed by atoms with Gasteiger partial charge in [-0.3, -0.25) is 9.59 Å². The van der Waals surface area contributed by atoms with Crippen LogP contribution in [0.4, 0.5) is 0 Å². The quantitative estimate of drug-likeness (QED) is 0.0476. The van der Waals surface area contributed by atoms with E-state index >= 15 is 0 Å². The molecule has 0 heterocycles. The Kier molecular flexibility index (Phi) is 43.4. The van der Waals surface area contributed by atoms with E-state index in [9.17, 15) is 9.59 Å². The summed E-state index contributed by atoms with van der Waals surface area (Å²) in [5.74, 6) is -0.500. The lowest BCUT2D eigenvalue weighted by Gasteiger charge is -2.04. The normalized spacial score (nSPS) is 11.1. The molecule has 0 unspecified atom stereocenters. The van der Waals surface area contributed by atoms with E-state index in [2.05, 4.69) is 31.3 Å². The third kappa shape index (κ3) is 47.2. The standard InChI is InChI=1S/C22H42O2.C18H38N2O/c1-2-3-4-5-6-7-8-9-10-11-12-13-14-15-16-17-18-19-20-21-22(23)24;1-2-3-4-5-6-7-8-9-10-11-12-13-14-15-18(21)20-17-16-19/h9-10H,2-8,11-21H2,1H3,(H,23,24);2-17,19H2,1H3,(H,20,21)/b10-9-;. The summed E-state index contributed by atoms with van der Waals surface area (Å²) >= 11 is 0. The maximum absolute atomic E-state index is 11.3. The first-order chi connectivity index (χ1) is 22.1. The third-order valence-corrected chi connectivity index (χ3v) is 8.63. The molecular weight excluding hydrogens is 556 g/mol. The van der Waals surface area contributed by atoms with Crippen molar-refractivity contribution in [1.29, 1.82) is 0 Å². The van der Waals surface area contributed by atoms with Crippen molar-refractivity contribution in [3.8, 4) is 0 Å². The van der Waals surface area contributed by atoms with Gasteiger partial charge >= 0.3 is 5.97 Å². The monoisotopic (exact) mass is 637 g/mol. The highest BCUT2D eigenvalue weighted by Gasteiger charge is 2.00. The topological polar surface area (TPSA) is 92.4 Å². The van der Waals surface area contributed by atoms with Gasteiger partial charge in [0.25, 0.3) is 0 Å². The Bertz CT molecular complexity index is 608. The first-order valence-electron chi connectivity index (χ1n) is 19.9. The van der Waals surface area contributed by atoms with Crippen LogP contribution >= 0.6 is 0 Å². The minimum absolute atomic E-state index is 0.156. The molecule has 45 heavy (non-hydrogen) atoms. The van der Waals surface area contributed by atoms with E-state index in [1.807, 2.05) is 0 Å². The van der Waals surface area contributed by atoms with Gasteiger partial charge in [-0.05, 0) is 38.5 Å². The molecule has 0 saturated carbocycles. The van der Waals surface area contributed by atoms with Gasteiger partial charge < -0.3 is 16.2 Å². The van der Waals surface area contributed by atoms with Crippen LogP contribution in [-0.4, -0.2) is 30.1 Å². The highest BCUT2D eigenvalue weighted by molar-refractivity contribution is 5.75. The number of carboxylic acid groups (broad SMARTS) is 1.